The van der Waals surface area contributed by atoms with E-state index < -0.39 is 0 Å². The van der Waals surface area contributed by atoms with Gasteiger partial charge in [-0.3, -0.25) is 9.69 Å². The van der Waals surface area contributed by atoms with Crippen LogP contribution < -0.4 is 10.2 Å². The molecule has 1 heterocycles. The molecule has 1 aliphatic heterocycles. The Morgan fingerprint density at radius 1 is 1.04 bits per heavy atom. The normalized spacial score (nSPS) is 15.2. The highest BCUT2D eigenvalue weighted by molar-refractivity contribution is 7.98. The maximum absolute atomic E-state index is 11.1. The Hall–Kier alpha value is -1.98. The van der Waals surface area contributed by atoms with Gasteiger partial charge in [0.2, 0.25) is 5.91 Å². The fourth-order valence-corrected chi connectivity index (χ4v) is 3.81. The maximum atomic E-state index is 11.1. The summed E-state index contributed by atoms with van der Waals surface area (Å²) in [7, 11) is 0. The summed E-state index contributed by atoms with van der Waals surface area (Å²) in [5.41, 5.74) is 3.50. The molecule has 1 fully saturated rings. The highest BCUT2D eigenvalue weighted by atomic mass is 32.2. The lowest BCUT2D eigenvalue weighted by Crippen LogP contribution is -2.46. The number of hydrogen-bond acceptors (Lipinski definition) is 4. The Morgan fingerprint density at radius 2 is 1.72 bits per heavy atom. The fourth-order valence-electron chi connectivity index (χ4n) is 3.19. The van der Waals surface area contributed by atoms with Crippen molar-refractivity contribution in [3.8, 4) is 0 Å². The van der Waals surface area contributed by atoms with Crippen LogP contribution in [-0.4, -0.2) is 43.2 Å². The number of amides is 1. The number of nitrogens with zero attached hydrogens (tertiary/aromatic N) is 2. The minimum absolute atomic E-state index is 0.0330. The molecule has 3 rings (SSSR count). The van der Waals surface area contributed by atoms with E-state index in [1.807, 2.05) is 23.9 Å². The average Bonchev–Trinajstić information content (AvgIpc) is 2.63. The summed E-state index contributed by atoms with van der Waals surface area (Å²) in [5.74, 6) is -0.0330. The molecule has 0 radical (unpaired) electrons. The highest BCUT2D eigenvalue weighted by Crippen LogP contribution is 2.29. The molecule has 0 saturated carbocycles. The molecule has 2 aromatic carbocycles. The van der Waals surface area contributed by atoms with Gasteiger partial charge in [0, 0.05) is 50.2 Å². The molecule has 1 N–H and O–H groups in total. The molecule has 5 heteroatoms. The summed E-state index contributed by atoms with van der Waals surface area (Å²) in [4.78, 5) is 17.4. The number of para-hydroxylation sites is 1. The lowest BCUT2D eigenvalue weighted by atomic mass is 10.1. The topological polar surface area (TPSA) is 35.6 Å². The Balaban J connectivity index is 1.55. The van der Waals surface area contributed by atoms with E-state index >= 15 is 0 Å². The van der Waals surface area contributed by atoms with E-state index in [1.54, 1.807) is 0 Å². The Morgan fingerprint density at radius 3 is 2.36 bits per heavy atom. The number of anilines is 2. The molecular formula is C20H25N3OS. The van der Waals surface area contributed by atoms with Crippen LogP contribution in [0.1, 0.15) is 12.5 Å². The highest BCUT2D eigenvalue weighted by Gasteiger charge is 2.19. The minimum atomic E-state index is -0.0330. The zero-order valence-corrected chi connectivity index (χ0v) is 15.7. The zero-order valence-electron chi connectivity index (χ0n) is 14.9. The van der Waals surface area contributed by atoms with Crippen LogP contribution in [0, 0.1) is 0 Å². The molecule has 0 aliphatic carbocycles. The first-order valence-electron chi connectivity index (χ1n) is 8.62. The van der Waals surface area contributed by atoms with Crippen LogP contribution in [0.5, 0.6) is 0 Å². The van der Waals surface area contributed by atoms with Gasteiger partial charge in [-0.2, -0.15) is 0 Å². The molecule has 4 nitrogen and oxygen atoms in total. The van der Waals surface area contributed by atoms with Crippen LogP contribution in [0.3, 0.4) is 0 Å². The van der Waals surface area contributed by atoms with Gasteiger partial charge in [-0.1, -0.05) is 24.3 Å². The number of carbonyl (C=O) groups is 1. The number of thioether (sulfide) groups is 1. The van der Waals surface area contributed by atoms with Gasteiger partial charge in [-0.15, -0.1) is 11.8 Å². The number of hydrogen-bond donors (Lipinski definition) is 1. The van der Waals surface area contributed by atoms with Crippen LogP contribution >= 0.6 is 11.8 Å². The van der Waals surface area contributed by atoms with E-state index in [-0.39, 0.29) is 5.91 Å². The molecule has 132 valence electrons. The largest absolute Gasteiger partial charge is 0.368 e. The quantitative estimate of drug-likeness (QED) is 0.830. The van der Waals surface area contributed by atoms with Crippen molar-refractivity contribution in [3.63, 3.8) is 0 Å². The number of carbonyl (C=O) groups excluding carboxylic acids is 1. The summed E-state index contributed by atoms with van der Waals surface area (Å²) in [5, 5.41) is 2.81. The van der Waals surface area contributed by atoms with Gasteiger partial charge in [0.15, 0.2) is 0 Å². The summed E-state index contributed by atoms with van der Waals surface area (Å²) in [6, 6.07) is 16.8. The van der Waals surface area contributed by atoms with Crippen LogP contribution in [0.25, 0.3) is 0 Å². The van der Waals surface area contributed by atoms with E-state index in [0.717, 1.165) is 38.4 Å². The Kier molecular flexibility index (Phi) is 6.00. The summed E-state index contributed by atoms with van der Waals surface area (Å²) < 4.78 is 0. The number of rotatable bonds is 5. The maximum Gasteiger partial charge on any atom is 0.221 e. The van der Waals surface area contributed by atoms with Crippen molar-refractivity contribution in [3.05, 3.63) is 54.1 Å². The van der Waals surface area contributed by atoms with Crippen molar-refractivity contribution in [1.29, 1.82) is 0 Å². The van der Waals surface area contributed by atoms with Crippen molar-refractivity contribution in [2.45, 2.75) is 18.4 Å². The summed E-state index contributed by atoms with van der Waals surface area (Å²) in [6.07, 6.45) is 2.14. The second-order valence-electron chi connectivity index (χ2n) is 6.31. The molecule has 0 spiro atoms. The SMILES string of the molecule is CSc1ccccc1N1CCN(Cc2ccc(NC(C)=O)cc2)CC1. The molecule has 1 saturated heterocycles. The van der Waals surface area contributed by atoms with Gasteiger partial charge in [-0.05, 0) is 36.1 Å². The minimum Gasteiger partial charge on any atom is -0.368 e. The second-order valence-corrected chi connectivity index (χ2v) is 7.16. The molecule has 0 atom stereocenters. The zero-order chi connectivity index (χ0) is 17.6. The van der Waals surface area contributed by atoms with Crippen LogP contribution in [0.15, 0.2) is 53.4 Å². The lowest BCUT2D eigenvalue weighted by Gasteiger charge is -2.36. The van der Waals surface area contributed by atoms with Crippen molar-refractivity contribution in [1.82, 2.24) is 4.90 Å². The summed E-state index contributed by atoms with van der Waals surface area (Å²) in [6.45, 7) is 6.73. The van der Waals surface area contributed by atoms with E-state index in [0.29, 0.717) is 0 Å². The smallest absolute Gasteiger partial charge is 0.221 e. The molecule has 2 aromatic rings. The first-order chi connectivity index (χ1) is 12.2. The number of benzene rings is 2. The first kappa shape index (κ1) is 17.8. The third kappa shape index (κ3) is 4.77. The molecule has 1 aliphatic rings. The average molecular weight is 356 g/mol. The van der Waals surface area contributed by atoms with Gasteiger partial charge in [0.25, 0.3) is 0 Å². The fraction of sp³-hybridized carbons (Fsp3) is 0.350. The molecule has 25 heavy (non-hydrogen) atoms. The predicted octanol–water partition coefficient (Wildman–Crippen LogP) is 3.69. The van der Waals surface area contributed by atoms with Gasteiger partial charge in [0.1, 0.15) is 0 Å². The lowest BCUT2D eigenvalue weighted by molar-refractivity contribution is -0.114. The van der Waals surface area contributed by atoms with Crippen LogP contribution in [0.2, 0.25) is 0 Å². The van der Waals surface area contributed by atoms with Gasteiger partial charge in [-0.25, -0.2) is 0 Å². The van der Waals surface area contributed by atoms with E-state index in [1.165, 1.54) is 23.1 Å². The van der Waals surface area contributed by atoms with Gasteiger partial charge < -0.3 is 10.2 Å². The van der Waals surface area contributed by atoms with E-state index in [2.05, 4.69) is 57.8 Å². The molecule has 0 unspecified atom stereocenters. The van der Waals surface area contributed by atoms with Crippen molar-refractivity contribution < 1.29 is 4.79 Å². The number of piperazine rings is 1. The van der Waals surface area contributed by atoms with Gasteiger partial charge in [0.05, 0.1) is 5.69 Å². The third-order valence-electron chi connectivity index (χ3n) is 4.48. The van der Waals surface area contributed by atoms with Crippen molar-refractivity contribution in [2.75, 3.05) is 42.7 Å². The standard InChI is InChI=1S/C20H25N3OS/c1-16(24)21-18-9-7-17(8-10-18)15-22-11-13-23(14-12-22)19-5-3-4-6-20(19)25-2/h3-10H,11-15H2,1-2H3,(H,21,24). The Labute approximate surface area is 154 Å². The summed E-state index contributed by atoms with van der Waals surface area (Å²) >= 11 is 1.81. The van der Waals surface area contributed by atoms with Gasteiger partial charge >= 0.3 is 0 Å². The predicted molar refractivity (Wildman–Crippen MR) is 106 cm³/mol. The molecule has 1 amide bonds. The van der Waals surface area contributed by atoms with Crippen LogP contribution in [0.4, 0.5) is 11.4 Å². The second kappa shape index (κ2) is 8.41. The monoisotopic (exact) mass is 355 g/mol. The number of nitrogens with one attached hydrogen (secondary N) is 1. The molecule has 0 bridgehead atoms. The Bertz CT molecular complexity index is 709. The van der Waals surface area contributed by atoms with Crippen LogP contribution in [-0.2, 0) is 11.3 Å². The van der Waals surface area contributed by atoms with E-state index in [4.69, 9.17) is 0 Å². The first-order valence-corrected chi connectivity index (χ1v) is 9.85. The van der Waals surface area contributed by atoms with E-state index in [9.17, 15) is 4.79 Å². The third-order valence-corrected chi connectivity index (χ3v) is 5.26. The molecule has 0 aromatic heterocycles. The van der Waals surface area contributed by atoms with Crippen molar-refractivity contribution >= 4 is 29.0 Å². The molecular weight excluding hydrogens is 330 g/mol. The van der Waals surface area contributed by atoms with Crippen molar-refractivity contribution in [2.24, 2.45) is 0 Å².